The first-order valence-electron chi connectivity index (χ1n) is 2.11. The van der Waals surface area contributed by atoms with Gasteiger partial charge in [0, 0.05) is 12.0 Å². The first kappa shape index (κ1) is 8.77. The van der Waals surface area contributed by atoms with Crippen LogP contribution >= 0.6 is 28.7 Å². The molecule has 0 saturated heterocycles. The van der Waals surface area contributed by atoms with Crippen molar-refractivity contribution in [3.8, 4) is 0 Å². The van der Waals surface area contributed by atoms with Crippen LogP contribution in [0.25, 0.3) is 0 Å². The van der Waals surface area contributed by atoms with Crippen LogP contribution < -0.4 is 11.3 Å². The maximum absolute atomic E-state index is 4.93. The fourth-order valence-electron chi connectivity index (χ4n) is 0.353. The molecule has 0 unspecified atom stereocenters. The van der Waals surface area contributed by atoms with Gasteiger partial charge in [-0.1, -0.05) is 11.8 Å². The Labute approximate surface area is 67.7 Å². The van der Waals surface area contributed by atoms with E-state index >= 15 is 0 Å². The van der Waals surface area contributed by atoms with E-state index in [1.807, 2.05) is 0 Å². The number of nitrogens with one attached hydrogen (secondary N) is 1. The first-order chi connectivity index (χ1) is 3.93. The summed E-state index contributed by atoms with van der Waals surface area (Å²) in [5, 5.41) is 7.80. The van der Waals surface area contributed by atoms with Crippen molar-refractivity contribution in [1.29, 1.82) is 0 Å². The largest absolute Gasteiger partial charge is 0.321 e. The molecule has 0 aromatic rings. The molecule has 0 aromatic heterocycles. The normalized spacial score (nSPS) is 20.7. The molecule has 1 aliphatic rings. The molecule has 0 aliphatic carbocycles. The van der Waals surface area contributed by atoms with Crippen molar-refractivity contribution in [2.24, 2.45) is 16.0 Å². The molecule has 0 amide bonds. The van der Waals surface area contributed by atoms with Crippen LogP contribution in [-0.2, 0) is 0 Å². The molecule has 0 atom stereocenters. The van der Waals surface area contributed by atoms with E-state index in [0.29, 0.717) is 5.17 Å². The second-order valence-corrected chi connectivity index (χ2v) is 2.18. The van der Waals surface area contributed by atoms with Gasteiger partial charge in [0.25, 0.3) is 0 Å². The predicted molar refractivity (Wildman–Crippen MR) is 46.0 cm³/mol. The molecule has 9 heavy (non-hydrogen) atoms. The Bertz CT molecular complexity index is 134. The molecule has 0 bridgehead atoms. The van der Waals surface area contributed by atoms with Crippen LogP contribution in [0.15, 0.2) is 10.2 Å². The second-order valence-electron chi connectivity index (χ2n) is 1.17. The van der Waals surface area contributed by atoms with Crippen LogP contribution in [0, 0.1) is 0 Å². The van der Waals surface area contributed by atoms with Gasteiger partial charge in [-0.15, -0.1) is 17.0 Å². The average molecular weight is 211 g/mol. The monoisotopic (exact) mass is 210 g/mol. The molecule has 1 heterocycles. The van der Waals surface area contributed by atoms with Crippen LogP contribution in [0.3, 0.4) is 0 Å². The summed E-state index contributed by atoms with van der Waals surface area (Å²) in [5.41, 5.74) is 2.63. The molecule has 0 fully saturated rings. The number of hydrogen-bond acceptors (Lipinski definition) is 4. The third kappa shape index (κ3) is 2.71. The van der Waals surface area contributed by atoms with E-state index in [9.17, 15) is 0 Å². The summed E-state index contributed by atoms with van der Waals surface area (Å²) in [5.74, 6) is 5.78. The van der Waals surface area contributed by atoms with Gasteiger partial charge in [-0.3, -0.25) is 5.43 Å². The highest BCUT2D eigenvalue weighted by molar-refractivity contribution is 8.93. The highest BCUT2D eigenvalue weighted by atomic mass is 79.9. The molecular weight excluding hydrogens is 204 g/mol. The zero-order chi connectivity index (χ0) is 5.82. The highest BCUT2D eigenvalue weighted by Gasteiger charge is 1.98. The number of thioether (sulfide) groups is 1. The van der Waals surface area contributed by atoms with Gasteiger partial charge in [-0.25, -0.2) is 0 Å². The highest BCUT2D eigenvalue weighted by Crippen LogP contribution is 2.01. The quantitative estimate of drug-likeness (QED) is 0.441. The summed E-state index contributed by atoms with van der Waals surface area (Å²) in [6.07, 6.45) is 1.76. The lowest BCUT2D eigenvalue weighted by Gasteiger charge is -2.04. The van der Waals surface area contributed by atoms with Gasteiger partial charge in [-0.05, 0) is 0 Å². The lowest BCUT2D eigenvalue weighted by molar-refractivity contribution is 1.03. The lowest BCUT2D eigenvalue weighted by Crippen LogP contribution is -2.20. The minimum Gasteiger partial charge on any atom is -0.321 e. The van der Waals surface area contributed by atoms with Crippen molar-refractivity contribution in [2.75, 3.05) is 5.75 Å². The predicted octanol–water partition coefficient (Wildman–Crippen LogP) is 0.116. The summed E-state index contributed by atoms with van der Waals surface area (Å²) in [6, 6.07) is 0. The molecule has 1 rings (SSSR count). The van der Waals surface area contributed by atoms with Crippen molar-refractivity contribution in [2.45, 2.75) is 0 Å². The van der Waals surface area contributed by atoms with Crippen LogP contribution in [0.5, 0.6) is 0 Å². The molecule has 0 aromatic carbocycles. The maximum Gasteiger partial charge on any atom is 0.200 e. The van der Waals surface area contributed by atoms with E-state index in [1.54, 1.807) is 6.21 Å². The van der Waals surface area contributed by atoms with Gasteiger partial charge in [-0.2, -0.15) is 10.2 Å². The molecule has 6 heteroatoms. The fraction of sp³-hybridized carbons (Fsp3) is 0.333. The van der Waals surface area contributed by atoms with Gasteiger partial charge in [0.1, 0.15) is 0 Å². The van der Waals surface area contributed by atoms with Crippen LogP contribution in [-0.4, -0.2) is 17.1 Å². The maximum atomic E-state index is 4.93. The van der Waals surface area contributed by atoms with Gasteiger partial charge >= 0.3 is 0 Å². The van der Waals surface area contributed by atoms with E-state index < -0.39 is 0 Å². The fourth-order valence-corrected chi connectivity index (χ4v) is 0.851. The molecule has 52 valence electrons. The van der Waals surface area contributed by atoms with E-state index in [-0.39, 0.29) is 17.0 Å². The van der Waals surface area contributed by atoms with Crippen LogP contribution in [0.2, 0.25) is 0 Å². The minimum absolute atomic E-state index is 0. The van der Waals surface area contributed by atoms with E-state index in [2.05, 4.69) is 15.6 Å². The van der Waals surface area contributed by atoms with Crippen molar-refractivity contribution < 1.29 is 0 Å². The number of halogens is 1. The smallest absolute Gasteiger partial charge is 0.200 e. The van der Waals surface area contributed by atoms with Gasteiger partial charge < -0.3 is 5.84 Å². The SMILES string of the molecule is Br.N/N=C1/NN=CCS1. The topological polar surface area (TPSA) is 62.8 Å². The van der Waals surface area contributed by atoms with Crippen molar-refractivity contribution >= 4 is 40.1 Å². The number of hydrogen-bond donors (Lipinski definition) is 2. The number of rotatable bonds is 0. The Hall–Kier alpha value is -0.230. The van der Waals surface area contributed by atoms with Crippen LogP contribution in [0.1, 0.15) is 0 Å². The minimum atomic E-state index is 0. The summed E-state index contributed by atoms with van der Waals surface area (Å²) in [7, 11) is 0. The van der Waals surface area contributed by atoms with Crippen molar-refractivity contribution in [3.63, 3.8) is 0 Å². The van der Waals surface area contributed by atoms with E-state index in [4.69, 9.17) is 5.84 Å². The molecule has 0 saturated carbocycles. The molecule has 0 radical (unpaired) electrons. The number of amidine groups is 1. The summed E-state index contributed by atoms with van der Waals surface area (Å²) >= 11 is 1.53. The Morgan fingerprint density at radius 3 is 3.00 bits per heavy atom. The van der Waals surface area contributed by atoms with Gasteiger partial charge in [0.15, 0.2) is 0 Å². The molecule has 1 aliphatic heterocycles. The molecule has 3 N–H and O–H groups in total. The zero-order valence-corrected chi connectivity index (χ0v) is 7.10. The van der Waals surface area contributed by atoms with Crippen LogP contribution in [0.4, 0.5) is 0 Å². The first-order valence-corrected chi connectivity index (χ1v) is 3.10. The molecule has 4 nitrogen and oxygen atoms in total. The standard InChI is InChI=1S/C3H6N4S.BrH/c4-6-3-7-5-1-2-8-3;/h1H,2,4H2,(H,6,7);1H. The Morgan fingerprint density at radius 1 is 1.89 bits per heavy atom. The summed E-state index contributed by atoms with van der Waals surface area (Å²) in [4.78, 5) is 0. The average Bonchev–Trinajstić information content (AvgIpc) is 1.90. The van der Waals surface area contributed by atoms with Crippen molar-refractivity contribution in [3.05, 3.63) is 0 Å². The Morgan fingerprint density at radius 2 is 2.67 bits per heavy atom. The second kappa shape index (κ2) is 4.63. The lowest BCUT2D eigenvalue weighted by atomic mass is 10.9. The third-order valence-corrected chi connectivity index (χ3v) is 1.45. The van der Waals surface area contributed by atoms with Crippen molar-refractivity contribution in [1.82, 2.24) is 5.43 Å². The van der Waals surface area contributed by atoms with E-state index in [0.717, 1.165) is 5.75 Å². The number of hydrazone groups is 2. The number of nitrogens with zero attached hydrogens (tertiary/aromatic N) is 2. The summed E-state index contributed by atoms with van der Waals surface area (Å²) < 4.78 is 0. The van der Waals surface area contributed by atoms with E-state index in [1.165, 1.54) is 11.8 Å². The molecule has 0 spiro atoms. The Balaban J connectivity index is 0.000000640. The summed E-state index contributed by atoms with van der Waals surface area (Å²) in [6.45, 7) is 0. The number of nitrogens with two attached hydrogens (primary N) is 1. The Kier molecular flexibility index (Phi) is 4.51. The van der Waals surface area contributed by atoms with Gasteiger partial charge in [0.05, 0.1) is 0 Å². The van der Waals surface area contributed by atoms with Gasteiger partial charge in [0.2, 0.25) is 5.17 Å². The molecular formula is C3H7BrN4S. The third-order valence-electron chi connectivity index (χ3n) is 0.663. The zero-order valence-electron chi connectivity index (χ0n) is 4.57.